The number of rotatable bonds is 5. The van der Waals surface area contributed by atoms with E-state index in [0.29, 0.717) is 6.54 Å². The molecule has 2 atom stereocenters. The van der Waals surface area contributed by atoms with Crippen LogP contribution >= 0.6 is 0 Å². The number of hydrogen-bond donors (Lipinski definition) is 3. The second-order valence-electron chi connectivity index (χ2n) is 7.01. The van der Waals surface area contributed by atoms with Crippen molar-refractivity contribution in [1.29, 1.82) is 0 Å². The summed E-state index contributed by atoms with van der Waals surface area (Å²) in [4.78, 5) is 38.4. The number of carbonyl (C=O) groups excluding carboxylic acids is 2. The molecular weight excluding hydrogens is 374 g/mol. The zero-order valence-corrected chi connectivity index (χ0v) is 15.6. The zero-order chi connectivity index (χ0) is 20.4. The Morgan fingerprint density at radius 3 is 2.21 bits per heavy atom. The Hall–Kier alpha value is -3.23. The SMILES string of the molecule is O=C(O)CNC(=O)C1CNCC2C(=O)OC(c3ccccc3)(c3ccccc3)N12. The van der Waals surface area contributed by atoms with Crippen LogP contribution in [0.25, 0.3) is 0 Å². The maximum Gasteiger partial charge on any atom is 0.327 e. The summed E-state index contributed by atoms with van der Waals surface area (Å²) in [6.07, 6.45) is 0. The van der Waals surface area contributed by atoms with Crippen molar-refractivity contribution in [3.8, 4) is 0 Å². The molecule has 2 unspecified atom stereocenters. The lowest BCUT2D eigenvalue weighted by molar-refractivity contribution is -0.153. The highest BCUT2D eigenvalue weighted by Crippen LogP contribution is 2.45. The van der Waals surface area contributed by atoms with Gasteiger partial charge in [-0.05, 0) is 0 Å². The number of fused-ring (bicyclic) bond motifs is 1. The molecule has 0 aliphatic carbocycles. The van der Waals surface area contributed by atoms with Gasteiger partial charge in [-0.3, -0.25) is 14.4 Å². The van der Waals surface area contributed by atoms with Crippen LogP contribution in [-0.2, 0) is 24.8 Å². The first-order valence-corrected chi connectivity index (χ1v) is 9.36. The summed E-state index contributed by atoms with van der Waals surface area (Å²) >= 11 is 0. The van der Waals surface area contributed by atoms with Gasteiger partial charge in [-0.15, -0.1) is 0 Å². The molecule has 150 valence electrons. The fourth-order valence-corrected chi connectivity index (χ4v) is 4.08. The van der Waals surface area contributed by atoms with Crippen LogP contribution in [0.2, 0.25) is 0 Å². The zero-order valence-electron chi connectivity index (χ0n) is 15.6. The lowest BCUT2D eigenvalue weighted by Gasteiger charge is -2.44. The molecule has 29 heavy (non-hydrogen) atoms. The Labute approximate surface area is 167 Å². The van der Waals surface area contributed by atoms with Gasteiger partial charge in [0.15, 0.2) is 0 Å². The van der Waals surface area contributed by atoms with Gasteiger partial charge in [-0.25, -0.2) is 4.90 Å². The summed E-state index contributed by atoms with van der Waals surface area (Å²) in [6, 6.07) is 17.1. The van der Waals surface area contributed by atoms with Crippen LogP contribution in [0.3, 0.4) is 0 Å². The molecular formula is C21H21N3O5. The van der Waals surface area contributed by atoms with Gasteiger partial charge < -0.3 is 20.5 Å². The third-order valence-electron chi connectivity index (χ3n) is 5.28. The number of cyclic esters (lactones) is 1. The number of carboxylic acids is 1. The van der Waals surface area contributed by atoms with Gasteiger partial charge in [0.25, 0.3) is 0 Å². The standard InChI is InChI=1S/C21H21N3O5/c25-18(26)13-23-19(27)16-11-22-12-17-20(28)29-21(24(16)17,14-7-3-1-4-8-14)15-9-5-2-6-10-15/h1-10,16-17,22H,11-13H2,(H,23,27)(H,25,26). The molecule has 8 heteroatoms. The summed E-state index contributed by atoms with van der Waals surface area (Å²) in [5.41, 5.74) is 0.164. The van der Waals surface area contributed by atoms with Crippen molar-refractivity contribution < 1.29 is 24.2 Å². The number of ether oxygens (including phenoxy) is 1. The number of benzene rings is 2. The highest BCUT2D eigenvalue weighted by molar-refractivity contribution is 5.88. The van der Waals surface area contributed by atoms with Crippen LogP contribution in [0.1, 0.15) is 11.1 Å². The van der Waals surface area contributed by atoms with Crippen molar-refractivity contribution in [3.63, 3.8) is 0 Å². The monoisotopic (exact) mass is 395 g/mol. The van der Waals surface area contributed by atoms with E-state index in [-0.39, 0.29) is 6.54 Å². The Bertz CT molecular complexity index is 879. The molecule has 1 amide bonds. The molecule has 0 radical (unpaired) electrons. The average Bonchev–Trinajstić information content (AvgIpc) is 3.07. The number of hydrogen-bond acceptors (Lipinski definition) is 6. The van der Waals surface area contributed by atoms with Crippen LogP contribution in [0.15, 0.2) is 60.7 Å². The average molecular weight is 395 g/mol. The smallest absolute Gasteiger partial charge is 0.327 e. The van der Waals surface area contributed by atoms with Crippen LogP contribution in [0, 0.1) is 0 Å². The Morgan fingerprint density at radius 1 is 1.07 bits per heavy atom. The van der Waals surface area contributed by atoms with Gasteiger partial charge in [0.1, 0.15) is 18.6 Å². The fourth-order valence-electron chi connectivity index (χ4n) is 4.08. The van der Waals surface area contributed by atoms with Crippen molar-refractivity contribution >= 4 is 17.8 Å². The lowest BCUT2D eigenvalue weighted by atomic mass is 9.90. The third-order valence-corrected chi connectivity index (χ3v) is 5.28. The number of carboxylic acid groups (broad SMARTS) is 1. The molecule has 2 heterocycles. The van der Waals surface area contributed by atoms with E-state index in [4.69, 9.17) is 9.84 Å². The number of esters is 1. The van der Waals surface area contributed by atoms with Gasteiger partial charge in [0.05, 0.1) is 0 Å². The third kappa shape index (κ3) is 3.26. The van der Waals surface area contributed by atoms with Gasteiger partial charge in [0.2, 0.25) is 11.6 Å². The molecule has 0 aromatic heterocycles. The highest BCUT2D eigenvalue weighted by Gasteiger charge is 2.60. The molecule has 0 spiro atoms. The molecule has 2 fully saturated rings. The van der Waals surface area contributed by atoms with E-state index in [1.165, 1.54) is 0 Å². The van der Waals surface area contributed by atoms with Gasteiger partial charge in [-0.1, -0.05) is 60.7 Å². The van der Waals surface area contributed by atoms with E-state index in [0.717, 1.165) is 11.1 Å². The van der Waals surface area contributed by atoms with E-state index in [1.807, 2.05) is 60.7 Å². The van der Waals surface area contributed by atoms with Crippen molar-refractivity contribution in [2.75, 3.05) is 19.6 Å². The van der Waals surface area contributed by atoms with Crippen LogP contribution in [-0.4, -0.2) is 59.6 Å². The maximum absolute atomic E-state index is 12.9. The largest absolute Gasteiger partial charge is 0.480 e. The molecule has 3 N–H and O–H groups in total. The number of nitrogens with zero attached hydrogens (tertiary/aromatic N) is 1. The molecule has 0 bridgehead atoms. The van der Waals surface area contributed by atoms with E-state index in [2.05, 4.69) is 10.6 Å². The number of piperazine rings is 1. The van der Waals surface area contributed by atoms with Crippen molar-refractivity contribution in [2.24, 2.45) is 0 Å². The molecule has 0 saturated carbocycles. The van der Waals surface area contributed by atoms with Crippen molar-refractivity contribution in [2.45, 2.75) is 17.8 Å². The Balaban J connectivity index is 1.84. The Kier molecular flexibility index (Phi) is 5.04. The minimum absolute atomic E-state index is 0.264. The van der Waals surface area contributed by atoms with Crippen molar-refractivity contribution in [3.05, 3.63) is 71.8 Å². The van der Waals surface area contributed by atoms with E-state index >= 15 is 0 Å². The van der Waals surface area contributed by atoms with Crippen LogP contribution in [0.5, 0.6) is 0 Å². The molecule has 2 aliphatic heterocycles. The first-order valence-electron chi connectivity index (χ1n) is 9.36. The van der Waals surface area contributed by atoms with Crippen molar-refractivity contribution in [1.82, 2.24) is 15.5 Å². The molecule has 2 saturated heterocycles. The predicted octanol–water partition coefficient (Wildman–Crippen LogP) is 0.288. The number of nitrogens with one attached hydrogen (secondary N) is 2. The topological polar surface area (TPSA) is 108 Å². The molecule has 2 aromatic rings. The van der Waals surface area contributed by atoms with E-state index in [1.54, 1.807) is 4.90 Å². The second kappa shape index (κ2) is 7.65. The first kappa shape index (κ1) is 19.1. The molecule has 8 nitrogen and oxygen atoms in total. The minimum atomic E-state index is -1.28. The van der Waals surface area contributed by atoms with Gasteiger partial charge >= 0.3 is 11.9 Å². The highest BCUT2D eigenvalue weighted by atomic mass is 16.6. The molecule has 2 aromatic carbocycles. The van der Waals surface area contributed by atoms with Gasteiger partial charge in [0, 0.05) is 24.2 Å². The predicted molar refractivity (Wildman–Crippen MR) is 103 cm³/mol. The quantitative estimate of drug-likeness (QED) is 0.625. The Morgan fingerprint density at radius 2 is 1.66 bits per heavy atom. The normalized spacial score (nSPS) is 23.1. The lowest BCUT2D eigenvalue weighted by Crippen LogP contribution is -2.66. The van der Waals surface area contributed by atoms with Gasteiger partial charge in [-0.2, -0.15) is 0 Å². The maximum atomic E-state index is 12.9. The number of carbonyl (C=O) groups is 3. The summed E-state index contributed by atoms with van der Waals surface area (Å²) in [5, 5.41) is 14.5. The summed E-state index contributed by atoms with van der Waals surface area (Å²) in [5.74, 6) is -2.04. The molecule has 2 aliphatic rings. The number of aliphatic carboxylic acids is 1. The van der Waals surface area contributed by atoms with E-state index in [9.17, 15) is 14.4 Å². The number of amides is 1. The fraction of sp³-hybridized carbons (Fsp3) is 0.286. The minimum Gasteiger partial charge on any atom is -0.480 e. The summed E-state index contributed by atoms with van der Waals surface area (Å²) in [7, 11) is 0. The van der Waals surface area contributed by atoms with Crippen LogP contribution in [0.4, 0.5) is 0 Å². The molecule has 4 rings (SSSR count). The van der Waals surface area contributed by atoms with Crippen LogP contribution < -0.4 is 10.6 Å². The first-order chi connectivity index (χ1) is 14.0. The second-order valence-corrected chi connectivity index (χ2v) is 7.01. The summed E-state index contributed by atoms with van der Waals surface area (Å²) < 4.78 is 6.02. The summed E-state index contributed by atoms with van der Waals surface area (Å²) in [6.45, 7) is 0.106. The van der Waals surface area contributed by atoms with E-state index < -0.39 is 42.2 Å².